The van der Waals surface area contributed by atoms with Gasteiger partial charge in [0.25, 0.3) is 5.91 Å². The molecule has 1 heterocycles. The Balaban J connectivity index is 1.42. The van der Waals surface area contributed by atoms with Gasteiger partial charge in [-0.2, -0.15) is 0 Å². The summed E-state index contributed by atoms with van der Waals surface area (Å²) in [5.41, 5.74) is 0.360. The van der Waals surface area contributed by atoms with Crippen molar-refractivity contribution < 1.29 is 31.9 Å². The third-order valence-electron chi connectivity index (χ3n) is 4.07. The van der Waals surface area contributed by atoms with Gasteiger partial charge in [0.2, 0.25) is 0 Å². The van der Waals surface area contributed by atoms with Gasteiger partial charge in [-0.25, -0.2) is 18.2 Å². The van der Waals surface area contributed by atoms with Gasteiger partial charge in [-0.15, -0.1) is 0 Å². The molecule has 0 aliphatic carbocycles. The minimum Gasteiger partial charge on any atom is -0.456 e. The lowest BCUT2D eigenvalue weighted by Crippen LogP contribution is -2.28. The van der Waals surface area contributed by atoms with Crippen molar-refractivity contribution in [2.45, 2.75) is 19.4 Å². The SMILES string of the molecule is O=C(COC(=O)CCc1ncc(-c2c(F)cccc2F)o1)NCc1ccc(F)cc1. The van der Waals surface area contributed by atoms with Crippen LogP contribution in [-0.2, 0) is 27.3 Å². The fourth-order valence-electron chi connectivity index (χ4n) is 2.56. The molecule has 0 radical (unpaired) electrons. The average molecular weight is 418 g/mol. The van der Waals surface area contributed by atoms with Gasteiger partial charge in [-0.3, -0.25) is 9.59 Å². The van der Waals surface area contributed by atoms with E-state index in [-0.39, 0.29) is 42.4 Å². The monoisotopic (exact) mass is 418 g/mol. The molecule has 156 valence electrons. The summed E-state index contributed by atoms with van der Waals surface area (Å²) in [4.78, 5) is 27.4. The Morgan fingerprint density at radius 2 is 1.73 bits per heavy atom. The number of hydrogen-bond acceptors (Lipinski definition) is 5. The van der Waals surface area contributed by atoms with E-state index in [0.29, 0.717) is 5.56 Å². The lowest BCUT2D eigenvalue weighted by atomic mass is 10.1. The number of esters is 1. The van der Waals surface area contributed by atoms with Gasteiger partial charge in [0, 0.05) is 13.0 Å². The van der Waals surface area contributed by atoms with Crippen LogP contribution in [0.5, 0.6) is 0 Å². The molecule has 0 spiro atoms. The quantitative estimate of drug-likeness (QED) is 0.566. The maximum Gasteiger partial charge on any atom is 0.306 e. The summed E-state index contributed by atoms with van der Waals surface area (Å²) in [7, 11) is 0. The Kier molecular flexibility index (Phi) is 6.84. The Morgan fingerprint density at radius 1 is 1.03 bits per heavy atom. The molecule has 0 aliphatic heterocycles. The summed E-state index contributed by atoms with van der Waals surface area (Å²) in [5, 5.41) is 2.54. The Labute approximate surface area is 169 Å². The van der Waals surface area contributed by atoms with Crippen molar-refractivity contribution in [3.8, 4) is 11.3 Å². The number of amides is 1. The maximum atomic E-state index is 13.8. The molecule has 0 bridgehead atoms. The lowest BCUT2D eigenvalue weighted by Gasteiger charge is -2.06. The van der Waals surface area contributed by atoms with Crippen molar-refractivity contribution in [1.82, 2.24) is 10.3 Å². The first kappa shape index (κ1) is 21.1. The van der Waals surface area contributed by atoms with Gasteiger partial charge in [-0.05, 0) is 29.8 Å². The van der Waals surface area contributed by atoms with Crippen molar-refractivity contribution in [1.29, 1.82) is 0 Å². The van der Waals surface area contributed by atoms with Crippen LogP contribution in [-0.4, -0.2) is 23.5 Å². The van der Waals surface area contributed by atoms with Crippen LogP contribution in [0.3, 0.4) is 0 Å². The van der Waals surface area contributed by atoms with Crippen molar-refractivity contribution in [3.05, 3.63) is 77.6 Å². The minimum atomic E-state index is -0.788. The molecule has 6 nitrogen and oxygen atoms in total. The van der Waals surface area contributed by atoms with E-state index in [1.54, 1.807) is 0 Å². The second-order valence-corrected chi connectivity index (χ2v) is 6.28. The largest absolute Gasteiger partial charge is 0.456 e. The van der Waals surface area contributed by atoms with E-state index in [4.69, 9.17) is 9.15 Å². The number of rotatable bonds is 8. The van der Waals surface area contributed by atoms with Crippen molar-refractivity contribution >= 4 is 11.9 Å². The second kappa shape index (κ2) is 9.73. The molecule has 3 aromatic rings. The van der Waals surface area contributed by atoms with E-state index < -0.39 is 30.1 Å². The molecule has 0 saturated heterocycles. The van der Waals surface area contributed by atoms with Crippen molar-refractivity contribution in [2.75, 3.05) is 6.61 Å². The van der Waals surface area contributed by atoms with Gasteiger partial charge in [-0.1, -0.05) is 18.2 Å². The average Bonchev–Trinajstić information content (AvgIpc) is 3.18. The summed E-state index contributed by atoms with van der Waals surface area (Å²) in [6.45, 7) is -0.306. The molecule has 2 aromatic carbocycles. The normalized spacial score (nSPS) is 10.6. The number of oxazole rings is 1. The first-order valence-corrected chi connectivity index (χ1v) is 8.98. The van der Waals surface area contributed by atoms with Crippen LogP contribution in [0, 0.1) is 17.5 Å². The Morgan fingerprint density at radius 3 is 2.43 bits per heavy atom. The molecular weight excluding hydrogens is 401 g/mol. The molecule has 1 aromatic heterocycles. The summed E-state index contributed by atoms with van der Waals surface area (Å²) < 4.78 is 50.5. The molecule has 3 rings (SSSR count). The fourth-order valence-corrected chi connectivity index (χ4v) is 2.56. The first-order valence-electron chi connectivity index (χ1n) is 8.98. The lowest BCUT2D eigenvalue weighted by molar-refractivity contribution is -0.148. The minimum absolute atomic E-state index is 0.0338. The smallest absolute Gasteiger partial charge is 0.306 e. The standard InChI is InChI=1S/C21H17F3N2O4/c22-14-6-4-13(5-7-14)10-25-18(27)12-29-20(28)9-8-19-26-11-17(30-19)21-15(23)2-1-3-16(21)24/h1-7,11H,8-10,12H2,(H,25,27). The number of nitrogens with one attached hydrogen (secondary N) is 1. The second-order valence-electron chi connectivity index (χ2n) is 6.28. The van der Waals surface area contributed by atoms with Crippen LogP contribution in [0.25, 0.3) is 11.3 Å². The highest BCUT2D eigenvalue weighted by molar-refractivity contribution is 5.80. The van der Waals surface area contributed by atoms with Crippen molar-refractivity contribution in [2.24, 2.45) is 0 Å². The summed E-state index contributed by atoms with van der Waals surface area (Å²) in [6, 6.07) is 9.03. The summed E-state index contributed by atoms with van der Waals surface area (Å²) in [5.74, 6) is -3.12. The number of ether oxygens (including phenoxy) is 1. The number of aryl methyl sites for hydroxylation is 1. The van der Waals surface area contributed by atoms with Gasteiger partial charge < -0.3 is 14.5 Å². The maximum absolute atomic E-state index is 13.8. The van der Waals surface area contributed by atoms with Crippen LogP contribution in [0.2, 0.25) is 0 Å². The van der Waals surface area contributed by atoms with E-state index in [9.17, 15) is 22.8 Å². The molecule has 0 saturated carbocycles. The molecule has 9 heteroatoms. The highest BCUT2D eigenvalue weighted by Crippen LogP contribution is 2.26. The Bertz CT molecular complexity index is 1010. The number of hydrogen-bond donors (Lipinski definition) is 1. The predicted molar refractivity (Wildman–Crippen MR) is 99.4 cm³/mol. The van der Waals surface area contributed by atoms with Crippen molar-refractivity contribution in [3.63, 3.8) is 0 Å². The van der Waals surface area contributed by atoms with E-state index >= 15 is 0 Å². The van der Waals surface area contributed by atoms with Gasteiger partial charge in [0.05, 0.1) is 18.2 Å². The number of benzene rings is 2. The third kappa shape index (κ3) is 5.69. The molecule has 0 aliphatic rings. The number of nitrogens with zero attached hydrogens (tertiary/aromatic N) is 1. The molecule has 1 amide bonds. The van der Waals surface area contributed by atoms with E-state index in [0.717, 1.165) is 12.1 Å². The van der Waals surface area contributed by atoms with Gasteiger partial charge >= 0.3 is 5.97 Å². The molecule has 1 N–H and O–H groups in total. The molecule has 0 atom stereocenters. The molecular formula is C21H17F3N2O4. The van der Waals surface area contributed by atoms with Crippen LogP contribution in [0.15, 0.2) is 53.1 Å². The van der Waals surface area contributed by atoms with Gasteiger partial charge in [0.15, 0.2) is 18.3 Å². The van der Waals surface area contributed by atoms with E-state index in [1.807, 2.05) is 0 Å². The topological polar surface area (TPSA) is 81.4 Å². The predicted octanol–water partition coefficient (Wildman–Crippen LogP) is 3.55. The first-order chi connectivity index (χ1) is 14.4. The zero-order valence-electron chi connectivity index (χ0n) is 15.7. The zero-order chi connectivity index (χ0) is 21.5. The number of carbonyl (C=O) groups excluding carboxylic acids is 2. The Hall–Kier alpha value is -3.62. The zero-order valence-corrected chi connectivity index (χ0v) is 15.7. The summed E-state index contributed by atoms with van der Waals surface area (Å²) >= 11 is 0. The molecule has 0 unspecified atom stereocenters. The fraction of sp³-hybridized carbons (Fsp3) is 0.190. The highest BCUT2D eigenvalue weighted by atomic mass is 19.1. The highest BCUT2D eigenvalue weighted by Gasteiger charge is 2.16. The molecule has 0 fully saturated rings. The number of halogens is 3. The van der Waals surface area contributed by atoms with Crippen LogP contribution in [0.1, 0.15) is 17.9 Å². The number of carbonyl (C=O) groups is 2. The summed E-state index contributed by atoms with van der Waals surface area (Å²) in [6.07, 6.45) is 1.07. The van der Waals surface area contributed by atoms with Crippen LogP contribution >= 0.6 is 0 Å². The number of aromatic nitrogens is 1. The van der Waals surface area contributed by atoms with Crippen LogP contribution < -0.4 is 5.32 Å². The molecule has 30 heavy (non-hydrogen) atoms. The third-order valence-corrected chi connectivity index (χ3v) is 4.07. The van der Waals surface area contributed by atoms with Crippen LogP contribution in [0.4, 0.5) is 13.2 Å². The van der Waals surface area contributed by atoms with E-state index in [2.05, 4.69) is 10.3 Å². The van der Waals surface area contributed by atoms with E-state index in [1.165, 1.54) is 36.5 Å². The van der Waals surface area contributed by atoms with Gasteiger partial charge in [0.1, 0.15) is 17.5 Å².